The third-order valence-corrected chi connectivity index (χ3v) is 5.61. The van der Waals surface area contributed by atoms with Gasteiger partial charge in [0.15, 0.2) is 0 Å². The fraction of sp³-hybridized carbons (Fsp3) is 0.600. The van der Waals surface area contributed by atoms with E-state index < -0.39 is 0 Å². The molecule has 0 bridgehead atoms. The molecular weight excluding hydrogens is 346 g/mol. The zero-order valence-corrected chi connectivity index (χ0v) is 17.5. The molecule has 1 aliphatic heterocycles. The molecular formula is C20H31N3O2S. The van der Waals surface area contributed by atoms with Crippen LogP contribution >= 0.6 is 11.8 Å². The van der Waals surface area contributed by atoms with Gasteiger partial charge >= 0.3 is 6.03 Å². The van der Waals surface area contributed by atoms with Crippen LogP contribution in [0.3, 0.4) is 0 Å². The van der Waals surface area contributed by atoms with Crippen molar-refractivity contribution in [1.82, 2.24) is 15.1 Å². The molecule has 5 nitrogen and oxygen atoms in total. The highest BCUT2D eigenvalue weighted by Gasteiger charge is 2.34. The lowest BCUT2D eigenvalue weighted by molar-refractivity contribution is -0.128. The van der Waals surface area contributed by atoms with Crippen molar-refractivity contribution in [3.05, 3.63) is 35.4 Å². The van der Waals surface area contributed by atoms with Crippen molar-refractivity contribution < 1.29 is 9.59 Å². The molecule has 0 aliphatic carbocycles. The number of carbonyl (C=O) groups is 2. The Morgan fingerprint density at radius 1 is 1.35 bits per heavy atom. The van der Waals surface area contributed by atoms with Crippen LogP contribution < -0.4 is 5.32 Å². The van der Waals surface area contributed by atoms with Crippen LogP contribution in [0.25, 0.3) is 0 Å². The van der Waals surface area contributed by atoms with E-state index in [2.05, 4.69) is 24.4 Å². The molecule has 1 aromatic carbocycles. The molecule has 0 aromatic heterocycles. The predicted octanol–water partition coefficient (Wildman–Crippen LogP) is 3.79. The molecule has 26 heavy (non-hydrogen) atoms. The molecule has 1 aliphatic rings. The van der Waals surface area contributed by atoms with Crippen molar-refractivity contribution in [2.45, 2.75) is 58.5 Å². The number of amides is 3. The van der Waals surface area contributed by atoms with Gasteiger partial charge in [-0.3, -0.25) is 4.79 Å². The largest absolute Gasteiger partial charge is 0.333 e. The third-order valence-electron chi connectivity index (χ3n) is 4.37. The molecule has 1 heterocycles. The van der Waals surface area contributed by atoms with Crippen LogP contribution in [-0.2, 0) is 4.79 Å². The average molecular weight is 378 g/mol. The van der Waals surface area contributed by atoms with Crippen LogP contribution in [0, 0.1) is 6.92 Å². The molecule has 1 atom stereocenters. The molecule has 0 saturated carbocycles. The number of hydrogen-bond acceptors (Lipinski definition) is 3. The molecule has 2 rings (SSSR count). The van der Waals surface area contributed by atoms with Gasteiger partial charge in [0, 0.05) is 24.7 Å². The lowest BCUT2D eigenvalue weighted by atomic mass is 10.1. The molecule has 1 aromatic rings. The van der Waals surface area contributed by atoms with E-state index in [9.17, 15) is 9.59 Å². The standard InChI is InChI=1S/C20H31N3O2S/c1-14(2)22(19(25)21-20(4,5)6)11-12-23-17(24)13-26-18(23)16-10-8-7-9-15(16)3/h7-10,14,18H,11-13H2,1-6H3,(H,21,25)/t18-/m0/s1. The molecule has 1 N–H and O–H groups in total. The minimum absolute atomic E-state index is 0.0309. The molecule has 6 heteroatoms. The van der Waals surface area contributed by atoms with Crippen molar-refractivity contribution in [2.75, 3.05) is 18.8 Å². The number of hydrogen-bond donors (Lipinski definition) is 1. The number of rotatable bonds is 5. The Morgan fingerprint density at radius 3 is 2.58 bits per heavy atom. The number of urea groups is 1. The Hall–Kier alpha value is -1.69. The summed E-state index contributed by atoms with van der Waals surface area (Å²) in [6, 6.07) is 8.18. The minimum Gasteiger partial charge on any atom is -0.333 e. The molecule has 1 fully saturated rings. The van der Waals surface area contributed by atoms with Crippen LogP contribution in [0.1, 0.15) is 51.1 Å². The highest BCUT2D eigenvalue weighted by Crippen LogP contribution is 2.39. The molecule has 144 valence electrons. The van der Waals surface area contributed by atoms with Gasteiger partial charge in [0.05, 0.1) is 5.75 Å². The number of carbonyl (C=O) groups excluding carboxylic acids is 2. The van der Waals surface area contributed by atoms with Crippen LogP contribution in [0.15, 0.2) is 24.3 Å². The van der Waals surface area contributed by atoms with Crippen LogP contribution in [-0.4, -0.2) is 52.2 Å². The number of nitrogens with zero attached hydrogens (tertiary/aromatic N) is 2. The quantitative estimate of drug-likeness (QED) is 0.849. The van der Waals surface area contributed by atoms with Crippen LogP contribution in [0.4, 0.5) is 4.79 Å². The van der Waals surface area contributed by atoms with Gasteiger partial charge in [0.25, 0.3) is 0 Å². The van der Waals surface area contributed by atoms with Gasteiger partial charge in [0.2, 0.25) is 5.91 Å². The highest BCUT2D eigenvalue weighted by molar-refractivity contribution is 8.00. The Kier molecular flexibility index (Phi) is 6.61. The first-order valence-electron chi connectivity index (χ1n) is 9.15. The van der Waals surface area contributed by atoms with Crippen LogP contribution in [0.5, 0.6) is 0 Å². The van der Waals surface area contributed by atoms with Gasteiger partial charge in [0.1, 0.15) is 5.37 Å². The molecule has 0 unspecified atom stereocenters. The normalized spacial score (nSPS) is 17.7. The van der Waals surface area contributed by atoms with Crippen molar-refractivity contribution in [2.24, 2.45) is 0 Å². The monoisotopic (exact) mass is 377 g/mol. The summed E-state index contributed by atoms with van der Waals surface area (Å²) in [5, 5.41) is 3.05. The Morgan fingerprint density at radius 2 is 2.00 bits per heavy atom. The van der Waals surface area contributed by atoms with E-state index in [-0.39, 0.29) is 28.9 Å². The molecule has 0 spiro atoms. The maximum atomic E-state index is 12.6. The SMILES string of the molecule is Cc1ccccc1[C@@H]1SCC(=O)N1CCN(C(=O)NC(C)(C)C)C(C)C. The van der Waals surface area contributed by atoms with Gasteiger partial charge in [-0.05, 0) is 52.7 Å². The van der Waals surface area contributed by atoms with E-state index in [1.807, 2.05) is 51.7 Å². The second kappa shape index (κ2) is 8.33. The Labute approximate surface area is 161 Å². The summed E-state index contributed by atoms with van der Waals surface area (Å²) in [4.78, 5) is 28.7. The summed E-state index contributed by atoms with van der Waals surface area (Å²) in [5.41, 5.74) is 2.09. The second-order valence-electron chi connectivity index (χ2n) is 8.07. The third kappa shape index (κ3) is 5.16. The smallest absolute Gasteiger partial charge is 0.318 e. The number of benzene rings is 1. The summed E-state index contributed by atoms with van der Waals surface area (Å²) < 4.78 is 0. The van der Waals surface area contributed by atoms with Gasteiger partial charge < -0.3 is 15.1 Å². The van der Waals surface area contributed by atoms with Crippen LogP contribution in [0.2, 0.25) is 0 Å². The maximum Gasteiger partial charge on any atom is 0.318 e. The molecule has 0 radical (unpaired) electrons. The van der Waals surface area contributed by atoms with E-state index in [1.54, 1.807) is 16.7 Å². The highest BCUT2D eigenvalue weighted by atomic mass is 32.2. The topological polar surface area (TPSA) is 52.7 Å². The summed E-state index contributed by atoms with van der Waals surface area (Å²) >= 11 is 1.66. The van der Waals surface area contributed by atoms with Crippen molar-refractivity contribution in [3.63, 3.8) is 0 Å². The zero-order valence-electron chi connectivity index (χ0n) is 16.7. The minimum atomic E-state index is -0.284. The van der Waals surface area contributed by atoms with Gasteiger partial charge in [-0.1, -0.05) is 24.3 Å². The van der Waals surface area contributed by atoms with Gasteiger partial charge in [-0.15, -0.1) is 11.8 Å². The summed E-state index contributed by atoms with van der Waals surface area (Å²) in [6.45, 7) is 13.1. The lowest BCUT2D eigenvalue weighted by Crippen LogP contribution is -2.52. The fourth-order valence-electron chi connectivity index (χ4n) is 3.02. The maximum absolute atomic E-state index is 12.6. The van der Waals surface area contributed by atoms with Gasteiger partial charge in [-0.25, -0.2) is 4.79 Å². The first-order valence-corrected chi connectivity index (χ1v) is 10.2. The first kappa shape index (κ1) is 20.6. The Bertz CT molecular complexity index is 655. The van der Waals surface area contributed by atoms with E-state index >= 15 is 0 Å². The average Bonchev–Trinajstić information content (AvgIpc) is 2.87. The van der Waals surface area contributed by atoms with E-state index in [4.69, 9.17) is 0 Å². The fourth-order valence-corrected chi connectivity index (χ4v) is 4.33. The number of thioether (sulfide) groups is 1. The van der Waals surface area contributed by atoms with Crippen molar-refractivity contribution in [3.8, 4) is 0 Å². The van der Waals surface area contributed by atoms with Crippen molar-refractivity contribution >= 4 is 23.7 Å². The van der Waals surface area contributed by atoms with Crippen molar-refractivity contribution in [1.29, 1.82) is 0 Å². The number of nitrogens with one attached hydrogen (secondary N) is 1. The lowest BCUT2D eigenvalue weighted by Gasteiger charge is -2.33. The summed E-state index contributed by atoms with van der Waals surface area (Å²) in [7, 11) is 0. The summed E-state index contributed by atoms with van der Waals surface area (Å²) in [6.07, 6.45) is 0. The van der Waals surface area contributed by atoms with E-state index in [1.165, 1.54) is 11.1 Å². The Balaban J connectivity index is 2.10. The molecule has 1 saturated heterocycles. The van der Waals surface area contributed by atoms with E-state index in [0.29, 0.717) is 18.8 Å². The molecule has 3 amide bonds. The first-order chi connectivity index (χ1) is 12.1. The van der Waals surface area contributed by atoms with E-state index in [0.717, 1.165) is 0 Å². The predicted molar refractivity (Wildman–Crippen MR) is 108 cm³/mol. The summed E-state index contributed by atoms with van der Waals surface area (Å²) in [5.74, 6) is 0.637. The zero-order chi connectivity index (χ0) is 19.5. The second-order valence-corrected chi connectivity index (χ2v) is 9.14. The number of aryl methyl sites for hydroxylation is 1. The van der Waals surface area contributed by atoms with Gasteiger partial charge in [-0.2, -0.15) is 0 Å².